The second kappa shape index (κ2) is 9.62. The molecule has 0 N–H and O–H groups in total. The van der Waals surface area contributed by atoms with Gasteiger partial charge in [0, 0.05) is 32.7 Å². The van der Waals surface area contributed by atoms with Gasteiger partial charge >= 0.3 is 0 Å². The fourth-order valence-corrected chi connectivity index (χ4v) is 3.26. The van der Waals surface area contributed by atoms with E-state index in [0.29, 0.717) is 5.69 Å². The van der Waals surface area contributed by atoms with E-state index in [4.69, 9.17) is 0 Å². The summed E-state index contributed by atoms with van der Waals surface area (Å²) in [6.45, 7) is 6.00. The molecular weight excluding hydrogens is 340 g/mol. The first-order chi connectivity index (χ1) is 13.1. The highest BCUT2D eigenvalue weighted by molar-refractivity contribution is 5.92. The summed E-state index contributed by atoms with van der Waals surface area (Å²) in [5.74, 6) is -0.00874. The predicted octanol–water partition coefficient (Wildman–Crippen LogP) is 1.23. The molecule has 0 spiro atoms. The van der Waals surface area contributed by atoms with Crippen LogP contribution < -0.4 is 0 Å². The summed E-state index contributed by atoms with van der Waals surface area (Å²) in [4.78, 5) is 18.9. The van der Waals surface area contributed by atoms with Gasteiger partial charge in [-0.1, -0.05) is 35.5 Å². The molecule has 3 rings (SSSR count). The molecule has 1 fully saturated rings. The number of nitrogens with zero attached hydrogens (tertiary/aromatic N) is 6. The summed E-state index contributed by atoms with van der Waals surface area (Å²) in [6.07, 6.45) is 4.00. The quantitative estimate of drug-likeness (QED) is 0.700. The lowest BCUT2D eigenvalue weighted by Crippen LogP contribution is -2.47. The number of carbonyl (C=O) groups excluding carboxylic acids is 1. The van der Waals surface area contributed by atoms with Crippen LogP contribution in [0.4, 0.5) is 0 Å². The van der Waals surface area contributed by atoms with Crippen molar-refractivity contribution in [1.82, 2.24) is 29.7 Å². The van der Waals surface area contributed by atoms with Gasteiger partial charge in [0.1, 0.15) is 0 Å². The van der Waals surface area contributed by atoms with Gasteiger partial charge in [0.25, 0.3) is 5.91 Å². The van der Waals surface area contributed by atoms with Gasteiger partial charge in [0.2, 0.25) is 0 Å². The molecule has 1 amide bonds. The van der Waals surface area contributed by atoms with Crippen LogP contribution in [0, 0.1) is 0 Å². The summed E-state index contributed by atoms with van der Waals surface area (Å²) >= 11 is 0. The van der Waals surface area contributed by atoms with Gasteiger partial charge in [-0.3, -0.25) is 9.48 Å². The predicted molar refractivity (Wildman–Crippen MR) is 106 cm³/mol. The Morgan fingerprint density at radius 3 is 2.59 bits per heavy atom. The molecule has 0 unspecified atom stereocenters. The molecule has 146 valence electrons. The van der Waals surface area contributed by atoms with Crippen LogP contribution in [0.15, 0.2) is 36.5 Å². The van der Waals surface area contributed by atoms with Crippen LogP contribution in [0.5, 0.6) is 0 Å². The van der Waals surface area contributed by atoms with E-state index in [1.807, 2.05) is 4.90 Å². The van der Waals surface area contributed by atoms with Crippen LogP contribution in [0.1, 0.15) is 22.5 Å². The second-order valence-corrected chi connectivity index (χ2v) is 7.35. The van der Waals surface area contributed by atoms with Crippen molar-refractivity contribution in [2.45, 2.75) is 19.4 Å². The maximum absolute atomic E-state index is 12.5. The summed E-state index contributed by atoms with van der Waals surface area (Å²) in [5, 5.41) is 8.21. The molecule has 7 nitrogen and oxygen atoms in total. The molecule has 0 bridgehead atoms. The number of benzene rings is 1. The molecule has 0 atom stereocenters. The molecule has 0 aliphatic carbocycles. The van der Waals surface area contributed by atoms with Crippen LogP contribution >= 0.6 is 0 Å². The Morgan fingerprint density at radius 1 is 1.11 bits per heavy atom. The minimum Gasteiger partial charge on any atom is -0.335 e. The van der Waals surface area contributed by atoms with E-state index in [1.54, 1.807) is 10.9 Å². The van der Waals surface area contributed by atoms with Crippen LogP contribution in [0.2, 0.25) is 0 Å². The number of piperazine rings is 1. The number of likely N-dealkylation sites (N-methyl/N-ethyl adjacent to an activating group) is 2. The fourth-order valence-electron chi connectivity index (χ4n) is 3.26. The van der Waals surface area contributed by atoms with Gasteiger partial charge in [-0.25, -0.2) is 0 Å². The van der Waals surface area contributed by atoms with Crippen molar-refractivity contribution in [2.75, 3.05) is 53.4 Å². The van der Waals surface area contributed by atoms with Crippen molar-refractivity contribution in [3.05, 3.63) is 47.8 Å². The van der Waals surface area contributed by atoms with E-state index < -0.39 is 0 Å². The van der Waals surface area contributed by atoms with Crippen LogP contribution in [0.3, 0.4) is 0 Å². The molecule has 1 aliphatic rings. The fraction of sp³-hybridized carbons (Fsp3) is 0.550. The third-order valence-corrected chi connectivity index (χ3v) is 5.11. The molecule has 1 saturated heterocycles. The van der Waals surface area contributed by atoms with Gasteiger partial charge in [-0.15, -0.1) is 5.10 Å². The highest BCUT2D eigenvalue weighted by Crippen LogP contribution is 2.06. The molecule has 2 aromatic rings. The molecular formula is C20H30N6O. The van der Waals surface area contributed by atoms with Crippen LogP contribution in [0.25, 0.3) is 0 Å². The maximum atomic E-state index is 12.5. The average molecular weight is 371 g/mol. The highest BCUT2D eigenvalue weighted by Gasteiger charge is 2.22. The number of aryl methyl sites for hydroxylation is 1. The molecule has 1 aromatic carbocycles. The molecule has 27 heavy (non-hydrogen) atoms. The summed E-state index contributed by atoms with van der Waals surface area (Å²) in [7, 11) is 4.20. The number of amides is 1. The first-order valence-corrected chi connectivity index (χ1v) is 9.72. The van der Waals surface area contributed by atoms with Crippen molar-refractivity contribution in [2.24, 2.45) is 0 Å². The molecule has 0 radical (unpaired) electrons. The van der Waals surface area contributed by atoms with Gasteiger partial charge < -0.3 is 14.7 Å². The summed E-state index contributed by atoms with van der Waals surface area (Å²) in [6, 6.07) is 10.6. The van der Waals surface area contributed by atoms with Crippen LogP contribution in [-0.4, -0.2) is 89.0 Å². The third-order valence-electron chi connectivity index (χ3n) is 5.11. The Balaban J connectivity index is 1.39. The zero-order chi connectivity index (χ0) is 19.1. The van der Waals surface area contributed by atoms with E-state index in [1.165, 1.54) is 5.56 Å². The first kappa shape index (κ1) is 19.5. The smallest absolute Gasteiger partial charge is 0.276 e. The minimum absolute atomic E-state index is 0.00874. The Bertz CT molecular complexity index is 708. The van der Waals surface area contributed by atoms with E-state index >= 15 is 0 Å². The van der Waals surface area contributed by atoms with E-state index in [9.17, 15) is 4.79 Å². The SMILES string of the molecule is CN1CCN(C(=O)c2cn(CCN(C)CCCc3ccccc3)nn2)CC1. The lowest BCUT2D eigenvalue weighted by Gasteiger charge is -2.31. The molecule has 1 aliphatic heterocycles. The number of rotatable bonds is 8. The normalized spacial score (nSPS) is 15.4. The molecule has 0 saturated carbocycles. The summed E-state index contributed by atoms with van der Waals surface area (Å²) in [5.41, 5.74) is 1.83. The maximum Gasteiger partial charge on any atom is 0.276 e. The minimum atomic E-state index is -0.00874. The first-order valence-electron chi connectivity index (χ1n) is 9.72. The van der Waals surface area contributed by atoms with Crippen molar-refractivity contribution in [1.29, 1.82) is 0 Å². The van der Waals surface area contributed by atoms with E-state index in [-0.39, 0.29) is 5.91 Å². The van der Waals surface area contributed by atoms with Crippen molar-refractivity contribution in [3.63, 3.8) is 0 Å². The Kier molecular flexibility index (Phi) is 6.95. The van der Waals surface area contributed by atoms with Crippen molar-refractivity contribution in [3.8, 4) is 0 Å². The van der Waals surface area contributed by atoms with Crippen LogP contribution in [-0.2, 0) is 13.0 Å². The zero-order valence-corrected chi connectivity index (χ0v) is 16.4. The molecule has 2 heterocycles. The lowest BCUT2D eigenvalue weighted by molar-refractivity contribution is 0.0658. The standard InChI is InChI=1S/C20H30N6O/c1-23(10-6-9-18-7-4-3-5-8-18)13-16-26-17-19(21-22-26)20(27)25-14-11-24(2)12-15-25/h3-5,7-8,17H,6,9-16H2,1-2H3. The highest BCUT2D eigenvalue weighted by atomic mass is 16.2. The monoisotopic (exact) mass is 370 g/mol. The largest absolute Gasteiger partial charge is 0.335 e. The number of hydrogen-bond acceptors (Lipinski definition) is 5. The lowest BCUT2D eigenvalue weighted by atomic mass is 10.1. The van der Waals surface area contributed by atoms with Gasteiger partial charge in [0.15, 0.2) is 5.69 Å². The average Bonchev–Trinajstić information content (AvgIpc) is 3.16. The van der Waals surface area contributed by atoms with Gasteiger partial charge in [-0.2, -0.15) is 0 Å². The van der Waals surface area contributed by atoms with Gasteiger partial charge in [-0.05, 0) is 39.0 Å². The van der Waals surface area contributed by atoms with E-state index in [0.717, 1.165) is 58.7 Å². The topological polar surface area (TPSA) is 57.5 Å². The van der Waals surface area contributed by atoms with Gasteiger partial charge in [0.05, 0.1) is 12.7 Å². The van der Waals surface area contributed by atoms with Crippen molar-refractivity contribution >= 4 is 5.91 Å². The van der Waals surface area contributed by atoms with Crippen molar-refractivity contribution < 1.29 is 4.79 Å². The molecule has 7 heteroatoms. The Morgan fingerprint density at radius 2 is 1.85 bits per heavy atom. The zero-order valence-electron chi connectivity index (χ0n) is 16.4. The number of carbonyl (C=O) groups is 1. The molecule has 1 aromatic heterocycles. The Hall–Kier alpha value is -2.25. The number of aromatic nitrogens is 3. The number of hydrogen-bond donors (Lipinski definition) is 0. The Labute approximate surface area is 161 Å². The summed E-state index contributed by atoms with van der Waals surface area (Å²) < 4.78 is 1.77. The second-order valence-electron chi connectivity index (χ2n) is 7.35. The third kappa shape index (κ3) is 5.87. The van der Waals surface area contributed by atoms with E-state index in [2.05, 4.69) is 64.5 Å².